The minimum Gasteiger partial charge on any atom is -0.496 e. The Labute approximate surface area is 244 Å². The van der Waals surface area contributed by atoms with Gasteiger partial charge in [-0.1, -0.05) is 54.6 Å². The maximum absolute atomic E-state index is 13.5. The average molecular weight is 577 g/mol. The number of anilines is 1. The molecule has 222 valence electrons. The number of fused-ring (bicyclic) bond motifs is 1. The van der Waals surface area contributed by atoms with Crippen LogP contribution in [0.1, 0.15) is 38.7 Å². The van der Waals surface area contributed by atoms with Crippen LogP contribution in [0.4, 0.5) is 5.69 Å². The van der Waals surface area contributed by atoms with Gasteiger partial charge in [0.25, 0.3) is 0 Å². The summed E-state index contributed by atoms with van der Waals surface area (Å²) >= 11 is 0. The van der Waals surface area contributed by atoms with E-state index in [1.807, 2.05) is 60.7 Å². The quantitative estimate of drug-likeness (QED) is 0.197. The molecule has 5 N–H and O–H groups in total. The SMILES string of the molecule is COc1cc(NC(=O)[C@H](Cc2ccccc2)NC(=O)[C@H](C)NC(=O)[C@H](C)NC(=O)CCCC(=O)O)cc2ccccc12. The summed E-state index contributed by atoms with van der Waals surface area (Å²) in [5, 5.41) is 21.1. The molecule has 3 aromatic rings. The standard InChI is InChI=1S/C31H36N4O7/c1-19(32-27(36)14-9-15-28(37)38)29(39)33-20(2)30(40)35-25(16-21-10-5-4-6-11-21)31(41)34-23-17-22-12-7-8-13-24(22)26(18-23)42-3/h4-8,10-13,17-20,25H,9,14-16H2,1-3H3,(H,32,36)(H,33,39)(H,34,41)(H,35,40)(H,37,38)/t19-,20-,25-/m0/s1. The molecule has 0 radical (unpaired) electrons. The van der Waals surface area contributed by atoms with E-state index < -0.39 is 47.7 Å². The molecule has 3 aromatic carbocycles. The van der Waals surface area contributed by atoms with E-state index in [4.69, 9.17) is 9.84 Å². The van der Waals surface area contributed by atoms with Crippen molar-refractivity contribution in [2.75, 3.05) is 12.4 Å². The van der Waals surface area contributed by atoms with Crippen molar-refractivity contribution in [1.29, 1.82) is 0 Å². The summed E-state index contributed by atoms with van der Waals surface area (Å²) < 4.78 is 5.50. The van der Waals surface area contributed by atoms with Crippen LogP contribution in [0.25, 0.3) is 10.8 Å². The topological polar surface area (TPSA) is 163 Å². The van der Waals surface area contributed by atoms with Crippen molar-refractivity contribution in [3.63, 3.8) is 0 Å². The van der Waals surface area contributed by atoms with Crippen molar-refractivity contribution in [3.8, 4) is 5.75 Å². The first-order chi connectivity index (χ1) is 20.1. The van der Waals surface area contributed by atoms with Crippen LogP contribution in [0.5, 0.6) is 5.75 Å². The molecule has 42 heavy (non-hydrogen) atoms. The molecule has 0 spiro atoms. The van der Waals surface area contributed by atoms with Crippen molar-refractivity contribution in [3.05, 3.63) is 72.3 Å². The number of carbonyl (C=O) groups is 5. The van der Waals surface area contributed by atoms with Crippen LogP contribution in [-0.2, 0) is 30.4 Å². The molecule has 3 rings (SSSR count). The average Bonchev–Trinajstić information content (AvgIpc) is 2.96. The number of rotatable bonds is 14. The minimum atomic E-state index is -1.02. The van der Waals surface area contributed by atoms with Gasteiger partial charge in [-0.15, -0.1) is 0 Å². The Morgan fingerprint density at radius 3 is 2.12 bits per heavy atom. The fraction of sp³-hybridized carbons (Fsp3) is 0.323. The van der Waals surface area contributed by atoms with Crippen LogP contribution in [-0.4, -0.2) is 59.9 Å². The van der Waals surface area contributed by atoms with Crippen molar-refractivity contribution < 1.29 is 33.8 Å². The van der Waals surface area contributed by atoms with Gasteiger partial charge in [-0.2, -0.15) is 0 Å². The Hall–Kier alpha value is -4.93. The molecule has 0 saturated carbocycles. The van der Waals surface area contributed by atoms with Crippen LogP contribution in [0, 0.1) is 0 Å². The molecule has 11 nitrogen and oxygen atoms in total. The summed E-state index contributed by atoms with van der Waals surface area (Å²) in [6.45, 7) is 2.93. The molecule has 0 aliphatic rings. The number of aliphatic carboxylic acids is 1. The van der Waals surface area contributed by atoms with Crippen molar-refractivity contribution in [1.82, 2.24) is 16.0 Å². The second-order valence-corrected chi connectivity index (χ2v) is 9.91. The van der Waals surface area contributed by atoms with Gasteiger partial charge >= 0.3 is 5.97 Å². The number of nitrogens with one attached hydrogen (secondary N) is 4. The highest BCUT2D eigenvalue weighted by Gasteiger charge is 2.26. The number of hydrogen-bond acceptors (Lipinski definition) is 6. The van der Waals surface area contributed by atoms with Gasteiger partial charge in [-0.3, -0.25) is 24.0 Å². The Bertz CT molecular complexity index is 1430. The number of ether oxygens (including phenoxy) is 1. The summed E-state index contributed by atoms with van der Waals surface area (Å²) in [5.41, 5.74) is 1.32. The molecule has 0 aromatic heterocycles. The van der Waals surface area contributed by atoms with Gasteiger partial charge in [0, 0.05) is 36.4 Å². The number of benzene rings is 3. The third kappa shape index (κ3) is 9.33. The summed E-state index contributed by atoms with van der Waals surface area (Å²) in [7, 11) is 1.55. The predicted octanol–water partition coefficient (Wildman–Crippen LogP) is 2.78. The zero-order valence-electron chi connectivity index (χ0n) is 23.8. The number of methoxy groups -OCH3 is 1. The zero-order valence-corrected chi connectivity index (χ0v) is 23.8. The predicted molar refractivity (Wildman–Crippen MR) is 158 cm³/mol. The number of carbonyl (C=O) groups excluding carboxylic acids is 4. The lowest BCUT2D eigenvalue weighted by molar-refractivity contribution is -0.137. The number of carboxylic acids is 1. The second kappa shape index (κ2) is 15.2. The van der Waals surface area contributed by atoms with E-state index in [0.29, 0.717) is 11.4 Å². The Morgan fingerprint density at radius 2 is 1.43 bits per heavy atom. The molecular formula is C31H36N4O7. The highest BCUT2D eigenvalue weighted by Crippen LogP contribution is 2.29. The van der Waals surface area contributed by atoms with Gasteiger partial charge in [-0.25, -0.2) is 0 Å². The lowest BCUT2D eigenvalue weighted by Gasteiger charge is -2.23. The smallest absolute Gasteiger partial charge is 0.303 e. The van der Waals surface area contributed by atoms with E-state index in [9.17, 15) is 24.0 Å². The maximum atomic E-state index is 13.5. The molecule has 0 fully saturated rings. The fourth-order valence-electron chi connectivity index (χ4n) is 4.28. The Balaban J connectivity index is 1.67. The van der Waals surface area contributed by atoms with Crippen LogP contribution >= 0.6 is 0 Å². The van der Waals surface area contributed by atoms with Gasteiger partial charge in [0.2, 0.25) is 23.6 Å². The molecule has 0 heterocycles. The van der Waals surface area contributed by atoms with Crippen LogP contribution < -0.4 is 26.0 Å². The maximum Gasteiger partial charge on any atom is 0.303 e. The number of carboxylic acid groups (broad SMARTS) is 1. The molecule has 0 aliphatic heterocycles. The summed E-state index contributed by atoms with van der Waals surface area (Å²) in [4.78, 5) is 61.8. The first kappa shape index (κ1) is 31.6. The number of amides is 4. The molecule has 0 aliphatic carbocycles. The molecule has 0 unspecified atom stereocenters. The van der Waals surface area contributed by atoms with E-state index in [1.54, 1.807) is 13.2 Å². The van der Waals surface area contributed by atoms with Gasteiger partial charge in [0.1, 0.15) is 23.9 Å². The van der Waals surface area contributed by atoms with E-state index in [-0.39, 0.29) is 25.7 Å². The highest BCUT2D eigenvalue weighted by atomic mass is 16.5. The number of hydrogen-bond donors (Lipinski definition) is 5. The van der Waals surface area contributed by atoms with E-state index in [1.165, 1.54) is 13.8 Å². The van der Waals surface area contributed by atoms with Gasteiger partial charge in [-0.05, 0) is 37.3 Å². The molecular weight excluding hydrogens is 540 g/mol. The summed E-state index contributed by atoms with van der Waals surface area (Å²) in [6, 6.07) is 17.4. The molecule has 11 heteroatoms. The van der Waals surface area contributed by atoms with Crippen LogP contribution in [0.2, 0.25) is 0 Å². The van der Waals surface area contributed by atoms with Crippen molar-refractivity contribution in [2.24, 2.45) is 0 Å². The van der Waals surface area contributed by atoms with Crippen molar-refractivity contribution in [2.45, 2.75) is 57.7 Å². The third-order valence-corrected chi connectivity index (χ3v) is 6.54. The molecule has 4 amide bonds. The second-order valence-electron chi connectivity index (χ2n) is 9.91. The monoisotopic (exact) mass is 576 g/mol. The first-order valence-electron chi connectivity index (χ1n) is 13.6. The van der Waals surface area contributed by atoms with Gasteiger partial charge in [0.15, 0.2) is 0 Å². The summed E-state index contributed by atoms with van der Waals surface area (Å²) in [6.07, 6.45) is 0.147. The van der Waals surface area contributed by atoms with E-state index in [2.05, 4.69) is 21.3 Å². The van der Waals surface area contributed by atoms with Crippen molar-refractivity contribution >= 4 is 46.1 Å². The lowest BCUT2D eigenvalue weighted by Crippen LogP contribution is -2.55. The van der Waals surface area contributed by atoms with E-state index >= 15 is 0 Å². The van der Waals surface area contributed by atoms with Gasteiger partial charge in [0.05, 0.1) is 7.11 Å². The Kier molecular flexibility index (Phi) is 11.4. The normalized spacial score (nSPS) is 12.8. The fourth-order valence-corrected chi connectivity index (χ4v) is 4.28. The van der Waals surface area contributed by atoms with E-state index in [0.717, 1.165) is 16.3 Å². The molecule has 3 atom stereocenters. The zero-order chi connectivity index (χ0) is 30.6. The van der Waals surface area contributed by atoms with Crippen LogP contribution in [0.15, 0.2) is 66.7 Å². The minimum absolute atomic E-state index is 0.0423. The first-order valence-corrected chi connectivity index (χ1v) is 13.6. The highest BCUT2D eigenvalue weighted by molar-refractivity contribution is 6.01. The summed E-state index contributed by atoms with van der Waals surface area (Å²) in [5.74, 6) is -2.53. The lowest BCUT2D eigenvalue weighted by atomic mass is 10.0. The molecule has 0 bridgehead atoms. The molecule has 0 saturated heterocycles. The third-order valence-electron chi connectivity index (χ3n) is 6.54. The van der Waals surface area contributed by atoms with Crippen LogP contribution in [0.3, 0.4) is 0 Å². The largest absolute Gasteiger partial charge is 0.496 e. The Morgan fingerprint density at radius 1 is 0.786 bits per heavy atom. The van der Waals surface area contributed by atoms with Gasteiger partial charge < -0.3 is 31.1 Å².